The Balaban J connectivity index is 3.05. The second-order valence-corrected chi connectivity index (χ2v) is 6.16. The second kappa shape index (κ2) is 6.70. The van der Waals surface area contributed by atoms with Crippen molar-refractivity contribution in [1.29, 1.82) is 5.26 Å². The van der Waals surface area contributed by atoms with E-state index in [1.807, 2.05) is 6.07 Å². The monoisotopic (exact) mass is 267 g/mol. The Hall–Kier alpha value is -1.14. The molecule has 1 aromatic carbocycles. The summed E-state index contributed by atoms with van der Waals surface area (Å²) in [6, 6.07) is 9.09. The first-order valence-electron chi connectivity index (χ1n) is 5.96. The van der Waals surface area contributed by atoms with Gasteiger partial charge < -0.3 is 9.05 Å². The molecule has 0 saturated carbocycles. The van der Waals surface area contributed by atoms with E-state index in [2.05, 4.69) is 6.07 Å². The standard InChI is InChI=1S/C13H18NO3P/c1-4-16-18(15,17-5-2)11(3)13-8-6-7-12(9-13)10-14/h6-9,11H,4-5H2,1-3H3/t11-/m1/s1. The van der Waals surface area contributed by atoms with E-state index < -0.39 is 7.60 Å². The van der Waals surface area contributed by atoms with Crippen molar-refractivity contribution in [2.45, 2.75) is 26.4 Å². The van der Waals surface area contributed by atoms with Gasteiger partial charge in [-0.1, -0.05) is 12.1 Å². The first-order valence-corrected chi connectivity index (χ1v) is 7.57. The number of rotatable bonds is 6. The molecule has 1 rings (SSSR count). The number of nitrogens with zero attached hydrogens (tertiary/aromatic N) is 1. The smallest absolute Gasteiger partial charge is 0.308 e. The molecule has 5 heteroatoms. The van der Waals surface area contributed by atoms with Crippen LogP contribution < -0.4 is 0 Å². The van der Waals surface area contributed by atoms with Gasteiger partial charge in [0.25, 0.3) is 0 Å². The summed E-state index contributed by atoms with van der Waals surface area (Å²) in [7, 11) is -3.17. The average molecular weight is 267 g/mol. The number of hydrogen-bond acceptors (Lipinski definition) is 4. The van der Waals surface area contributed by atoms with Crippen molar-refractivity contribution in [3.8, 4) is 6.07 Å². The van der Waals surface area contributed by atoms with Crippen LogP contribution in [0.4, 0.5) is 0 Å². The zero-order chi connectivity index (χ0) is 13.6. The normalized spacial score (nSPS) is 13.0. The van der Waals surface area contributed by atoms with Crippen molar-refractivity contribution < 1.29 is 13.6 Å². The fourth-order valence-electron chi connectivity index (χ4n) is 1.67. The van der Waals surface area contributed by atoms with Gasteiger partial charge in [0, 0.05) is 0 Å². The molecule has 18 heavy (non-hydrogen) atoms. The van der Waals surface area contributed by atoms with Crippen molar-refractivity contribution in [2.75, 3.05) is 13.2 Å². The van der Waals surface area contributed by atoms with Crippen LogP contribution in [0.2, 0.25) is 0 Å². The van der Waals surface area contributed by atoms with Gasteiger partial charge in [-0.25, -0.2) is 0 Å². The zero-order valence-electron chi connectivity index (χ0n) is 10.9. The van der Waals surface area contributed by atoms with Crippen molar-refractivity contribution in [2.24, 2.45) is 0 Å². The summed E-state index contributed by atoms with van der Waals surface area (Å²) >= 11 is 0. The maximum Gasteiger partial charge on any atom is 0.337 e. The van der Waals surface area contributed by atoms with Crippen LogP contribution >= 0.6 is 7.60 Å². The predicted octanol–water partition coefficient (Wildman–Crippen LogP) is 3.89. The van der Waals surface area contributed by atoms with E-state index in [4.69, 9.17) is 14.3 Å². The third kappa shape index (κ3) is 3.43. The molecule has 0 heterocycles. The van der Waals surface area contributed by atoms with Crippen LogP contribution in [0.1, 0.15) is 37.6 Å². The summed E-state index contributed by atoms with van der Waals surface area (Å²) in [4.78, 5) is 0. The topological polar surface area (TPSA) is 59.3 Å². The van der Waals surface area contributed by atoms with Crippen LogP contribution in [0.3, 0.4) is 0 Å². The fourth-order valence-corrected chi connectivity index (χ4v) is 3.44. The maximum absolute atomic E-state index is 12.6. The number of hydrogen-bond donors (Lipinski definition) is 0. The van der Waals surface area contributed by atoms with Crippen LogP contribution in [-0.4, -0.2) is 13.2 Å². The highest BCUT2D eigenvalue weighted by molar-refractivity contribution is 7.54. The van der Waals surface area contributed by atoms with Gasteiger partial charge in [-0.3, -0.25) is 4.57 Å². The minimum Gasteiger partial charge on any atom is -0.308 e. The maximum atomic E-state index is 12.6. The Kier molecular flexibility index (Phi) is 5.55. The van der Waals surface area contributed by atoms with Gasteiger partial charge in [0.1, 0.15) is 0 Å². The van der Waals surface area contributed by atoms with Crippen LogP contribution in [0, 0.1) is 11.3 Å². The van der Waals surface area contributed by atoms with Crippen molar-refractivity contribution in [3.63, 3.8) is 0 Å². The molecule has 0 fully saturated rings. The van der Waals surface area contributed by atoms with Crippen molar-refractivity contribution in [1.82, 2.24) is 0 Å². The first-order chi connectivity index (χ1) is 8.57. The molecule has 0 aliphatic carbocycles. The van der Waals surface area contributed by atoms with E-state index in [0.29, 0.717) is 18.8 Å². The van der Waals surface area contributed by atoms with Crippen LogP contribution in [0.25, 0.3) is 0 Å². The highest BCUT2D eigenvalue weighted by atomic mass is 31.2. The molecule has 1 atom stereocenters. The Morgan fingerprint density at radius 3 is 2.44 bits per heavy atom. The molecule has 0 aromatic heterocycles. The summed E-state index contributed by atoms with van der Waals surface area (Å²) in [5.41, 5.74) is 0.948. The lowest BCUT2D eigenvalue weighted by atomic mass is 10.1. The molecule has 0 N–H and O–H groups in total. The Morgan fingerprint density at radius 1 is 1.33 bits per heavy atom. The largest absolute Gasteiger partial charge is 0.337 e. The highest BCUT2D eigenvalue weighted by Crippen LogP contribution is 2.60. The summed E-state index contributed by atoms with van der Waals surface area (Å²) < 4.78 is 23.2. The SMILES string of the molecule is CCOP(=O)(OCC)[C@H](C)c1cccc(C#N)c1. The van der Waals surface area contributed by atoms with Gasteiger partial charge in [-0.15, -0.1) is 0 Å². The third-order valence-electron chi connectivity index (χ3n) is 2.59. The van der Waals surface area contributed by atoms with E-state index in [1.165, 1.54) is 0 Å². The van der Waals surface area contributed by atoms with E-state index in [1.54, 1.807) is 39.0 Å². The van der Waals surface area contributed by atoms with Gasteiger partial charge in [0.15, 0.2) is 0 Å². The fraction of sp³-hybridized carbons (Fsp3) is 0.462. The van der Waals surface area contributed by atoms with Gasteiger partial charge >= 0.3 is 7.60 Å². The van der Waals surface area contributed by atoms with E-state index in [-0.39, 0.29) is 5.66 Å². The minimum atomic E-state index is -3.17. The average Bonchev–Trinajstić information content (AvgIpc) is 2.38. The summed E-state index contributed by atoms with van der Waals surface area (Å²) in [6.45, 7) is 6.02. The Bertz CT molecular complexity index is 471. The molecular formula is C13H18NO3P. The van der Waals surface area contributed by atoms with Crippen LogP contribution in [0.5, 0.6) is 0 Å². The molecule has 1 aromatic rings. The molecule has 98 valence electrons. The van der Waals surface area contributed by atoms with Gasteiger partial charge in [0.2, 0.25) is 0 Å². The molecule has 0 bridgehead atoms. The summed E-state index contributed by atoms with van der Waals surface area (Å²) in [5, 5.41) is 8.87. The van der Waals surface area contributed by atoms with Gasteiger partial charge in [-0.2, -0.15) is 5.26 Å². The summed E-state index contributed by atoms with van der Waals surface area (Å²) in [5.74, 6) is 0. The molecule has 0 unspecified atom stereocenters. The third-order valence-corrected chi connectivity index (χ3v) is 5.07. The lowest BCUT2D eigenvalue weighted by Gasteiger charge is -2.23. The van der Waals surface area contributed by atoms with E-state index in [0.717, 1.165) is 5.56 Å². The minimum absolute atomic E-state index is 0.333. The predicted molar refractivity (Wildman–Crippen MR) is 70.4 cm³/mol. The molecule has 0 spiro atoms. The van der Waals surface area contributed by atoms with Crippen LogP contribution in [0.15, 0.2) is 24.3 Å². The molecule has 0 aliphatic heterocycles. The van der Waals surface area contributed by atoms with Crippen LogP contribution in [-0.2, 0) is 13.6 Å². The van der Waals surface area contributed by atoms with Gasteiger partial charge in [-0.05, 0) is 38.5 Å². The van der Waals surface area contributed by atoms with Gasteiger partial charge in [0.05, 0.1) is 30.5 Å². The lowest BCUT2D eigenvalue weighted by molar-refractivity contribution is 0.213. The van der Waals surface area contributed by atoms with E-state index in [9.17, 15) is 4.57 Å². The quantitative estimate of drug-likeness (QED) is 0.734. The Labute approximate surface area is 108 Å². The summed E-state index contributed by atoms with van der Waals surface area (Å²) in [6.07, 6.45) is 0. The molecule has 4 nitrogen and oxygen atoms in total. The number of benzene rings is 1. The second-order valence-electron chi connectivity index (χ2n) is 3.79. The number of nitriles is 1. The molecule has 0 aliphatic rings. The molecular weight excluding hydrogens is 249 g/mol. The molecule has 0 amide bonds. The lowest BCUT2D eigenvalue weighted by Crippen LogP contribution is -2.04. The highest BCUT2D eigenvalue weighted by Gasteiger charge is 2.33. The molecule has 0 saturated heterocycles. The molecule has 0 radical (unpaired) electrons. The Morgan fingerprint density at radius 2 is 1.94 bits per heavy atom. The van der Waals surface area contributed by atoms with E-state index >= 15 is 0 Å². The first kappa shape index (κ1) is 14.9. The van der Waals surface area contributed by atoms with Crippen molar-refractivity contribution in [3.05, 3.63) is 35.4 Å². The van der Waals surface area contributed by atoms with Crippen molar-refractivity contribution >= 4 is 7.60 Å². The zero-order valence-corrected chi connectivity index (χ0v) is 11.8.